The average Bonchev–Trinajstić information content (AvgIpc) is 3.26. The first-order valence-electron chi connectivity index (χ1n) is 9.32. The van der Waals surface area contributed by atoms with Gasteiger partial charge in [-0.2, -0.15) is 23.0 Å². The van der Waals surface area contributed by atoms with Crippen LogP contribution in [0.25, 0.3) is 16.7 Å². The Kier molecular flexibility index (Phi) is 5.82. The third kappa shape index (κ3) is 4.27. The second-order valence-electron chi connectivity index (χ2n) is 6.96. The highest BCUT2D eigenvalue weighted by Gasteiger charge is 2.35. The van der Waals surface area contributed by atoms with Gasteiger partial charge in [-0.25, -0.2) is 33.7 Å². The molecule has 0 unspecified atom stereocenters. The molecule has 4 rings (SSSR count). The van der Waals surface area contributed by atoms with Gasteiger partial charge >= 0.3 is 6.18 Å². The normalized spacial score (nSPS) is 13.0. The predicted octanol–water partition coefficient (Wildman–Crippen LogP) is 4.81. The van der Waals surface area contributed by atoms with Crippen LogP contribution in [0, 0.1) is 0 Å². The number of hydrogen-bond acceptors (Lipinski definition) is 7. The van der Waals surface area contributed by atoms with Crippen molar-refractivity contribution >= 4 is 28.3 Å². The second-order valence-corrected chi connectivity index (χ2v) is 7.40. The van der Waals surface area contributed by atoms with Crippen molar-refractivity contribution in [2.45, 2.75) is 25.6 Å². The van der Waals surface area contributed by atoms with E-state index in [2.05, 4.69) is 30.0 Å². The minimum Gasteiger partial charge on any atom is -0.349 e. The lowest BCUT2D eigenvalue weighted by molar-refractivity contribution is -0.136. The third-order valence-corrected chi connectivity index (χ3v) is 5.18. The third-order valence-electron chi connectivity index (χ3n) is 4.97. The smallest absolute Gasteiger partial charge is 0.349 e. The summed E-state index contributed by atoms with van der Waals surface area (Å²) in [4.78, 5) is 21.2. The van der Waals surface area contributed by atoms with Crippen LogP contribution in [-0.4, -0.2) is 41.7 Å². The molecule has 0 aliphatic heterocycles. The first-order chi connectivity index (χ1) is 15.6. The van der Waals surface area contributed by atoms with Crippen LogP contribution in [0.1, 0.15) is 36.5 Å². The predicted molar refractivity (Wildman–Crippen MR) is 108 cm³/mol. The van der Waals surface area contributed by atoms with Crippen LogP contribution in [0.5, 0.6) is 0 Å². The topological polar surface area (TPSA) is 85.5 Å². The molecular formula is C19H14ClF5N8. The van der Waals surface area contributed by atoms with Gasteiger partial charge in [-0.3, -0.25) is 0 Å². The van der Waals surface area contributed by atoms with E-state index in [9.17, 15) is 22.0 Å². The highest BCUT2D eigenvalue weighted by molar-refractivity contribution is 6.31. The molecule has 0 amide bonds. The van der Waals surface area contributed by atoms with E-state index < -0.39 is 29.9 Å². The van der Waals surface area contributed by atoms with Gasteiger partial charge in [0.15, 0.2) is 11.6 Å². The molecule has 0 saturated carbocycles. The van der Waals surface area contributed by atoms with E-state index in [1.165, 1.54) is 17.1 Å². The van der Waals surface area contributed by atoms with Crippen molar-refractivity contribution in [3.05, 3.63) is 59.3 Å². The number of aromatic nitrogens is 7. The van der Waals surface area contributed by atoms with Gasteiger partial charge in [0.1, 0.15) is 30.5 Å². The number of alkyl halides is 5. The molecule has 1 aromatic carbocycles. The van der Waals surface area contributed by atoms with Crippen LogP contribution in [0.4, 0.5) is 27.8 Å². The first-order valence-corrected chi connectivity index (χ1v) is 9.70. The van der Waals surface area contributed by atoms with E-state index in [0.717, 1.165) is 24.8 Å². The van der Waals surface area contributed by atoms with Crippen LogP contribution in [0.3, 0.4) is 0 Å². The number of anilines is 1. The van der Waals surface area contributed by atoms with E-state index in [-0.39, 0.29) is 33.4 Å². The first kappa shape index (κ1) is 22.7. The minimum atomic E-state index is -4.67. The Bertz CT molecular complexity index is 1310. The molecule has 0 bridgehead atoms. The maximum absolute atomic E-state index is 13.5. The molecular weight excluding hydrogens is 471 g/mol. The molecule has 172 valence electrons. The SMILES string of the molecule is C[C@@H](c1ncnn1-c1cc(C(F)F)ncn1)N(C)c1ncnc2c(C(F)(F)F)cc(Cl)cc12. The molecule has 3 heterocycles. The molecule has 0 aliphatic rings. The number of nitrogens with zero attached hydrogens (tertiary/aromatic N) is 8. The fourth-order valence-corrected chi connectivity index (χ4v) is 3.50. The van der Waals surface area contributed by atoms with E-state index in [0.29, 0.717) is 0 Å². The van der Waals surface area contributed by atoms with E-state index in [4.69, 9.17) is 11.6 Å². The van der Waals surface area contributed by atoms with Gasteiger partial charge in [0.25, 0.3) is 6.43 Å². The quantitative estimate of drug-likeness (QED) is 0.376. The van der Waals surface area contributed by atoms with Crippen molar-refractivity contribution in [1.82, 2.24) is 34.7 Å². The summed E-state index contributed by atoms with van der Waals surface area (Å²) in [5, 5.41) is 4.00. The standard InChI is InChI=1S/C19H14ClF5N8/c1-9(17-30-8-31-33(17)14-5-13(16(21)22)26-6-27-14)32(2)18-11-3-10(20)4-12(19(23,24)25)15(11)28-7-29-18/h3-9,16H,1-2H3/t9-/m0/s1. The summed E-state index contributed by atoms with van der Waals surface area (Å²) >= 11 is 5.96. The summed E-state index contributed by atoms with van der Waals surface area (Å²) in [5.74, 6) is 0.496. The Hall–Kier alpha value is -3.48. The lowest BCUT2D eigenvalue weighted by atomic mass is 10.1. The number of benzene rings is 1. The zero-order valence-electron chi connectivity index (χ0n) is 17.0. The number of hydrogen-bond donors (Lipinski definition) is 0. The van der Waals surface area contributed by atoms with E-state index >= 15 is 0 Å². The van der Waals surface area contributed by atoms with E-state index in [1.54, 1.807) is 18.9 Å². The molecule has 14 heteroatoms. The van der Waals surface area contributed by atoms with Gasteiger partial charge in [-0.15, -0.1) is 0 Å². The van der Waals surface area contributed by atoms with Crippen LogP contribution in [-0.2, 0) is 6.18 Å². The van der Waals surface area contributed by atoms with Crippen molar-refractivity contribution in [2.75, 3.05) is 11.9 Å². The number of fused-ring (bicyclic) bond motifs is 1. The van der Waals surface area contributed by atoms with Crippen molar-refractivity contribution in [2.24, 2.45) is 0 Å². The van der Waals surface area contributed by atoms with Crippen molar-refractivity contribution in [3.8, 4) is 5.82 Å². The monoisotopic (exact) mass is 484 g/mol. The van der Waals surface area contributed by atoms with Gasteiger partial charge in [-0.1, -0.05) is 11.6 Å². The van der Waals surface area contributed by atoms with Gasteiger partial charge in [0.2, 0.25) is 0 Å². The Labute approximate surface area is 188 Å². The molecule has 0 radical (unpaired) electrons. The molecule has 33 heavy (non-hydrogen) atoms. The summed E-state index contributed by atoms with van der Waals surface area (Å²) in [7, 11) is 1.59. The van der Waals surface area contributed by atoms with Gasteiger partial charge in [-0.05, 0) is 19.1 Å². The molecule has 0 fully saturated rings. The van der Waals surface area contributed by atoms with Crippen LogP contribution in [0.2, 0.25) is 5.02 Å². The maximum atomic E-state index is 13.5. The highest BCUT2D eigenvalue weighted by atomic mass is 35.5. The molecule has 0 aliphatic carbocycles. The Morgan fingerprint density at radius 1 is 0.970 bits per heavy atom. The molecule has 0 saturated heterocycles. The lowest BCUT2D eigenvalue weighted by Crippen LogP contribution is -2.26. The van der Waals surface area contributed by atoms with Crippen LogP contribution >= 0.6 is 11.6 Å². The van der Waals surface area contributed by atoms with Gasteiger partial charge in [0.05, 0.1) is 17.1 Å². The van der Waals surface area contributed by atoms with Gasteiger partial charge < -0.3 is 4.90 Å². The Morgan fingerprint density at radius 3 is 2.39 bits per heavy atom. The zero-order chi connectivity index (χ0) is 23.9. The molecule has 0 N–H and O–H groups in total. The maximum Gasteiger partial charge on any atom is 0.418 e. The fourth-order valence-electron chi connectivity index (χ4n) is 3.28. The van der Waals surface area contributed by atoms with E-state index in [1.807, 2.05) is 0 Å². The van der Waals surface area contributed by atoms with Crippen molar-refractivity contribution in [1.29, 1.82) is 0 Å². The number of rotatable bonds is 5. The summed E-state index contributed by atoms with van der Waals surface area (Å²) in [6.45, 7) is 1.69. The Balaban J connectivity index is 1.78. The molecule has 0 spiro atoms. The van der Waals surface area contributed by atoms with Gasteiger partial charge in [0, 0.05) is 23.5 Å². The second kappa shape index (κ2) is 8.46. The minimum absolute atomic E-state index is 0.0583. The molecule has 8 nitrogen and oxygen atoms in total. The molecule has 4 aromatic rings. The molecule has 1 atom stereocenters. The summed E-state index contributed by atoms with van der Waals surface area (Å²) in [6, 6.07) is 2.60. The highest BCUT2D eigenvalue weighted by Crippen LogP contribution is 2.39. The zero-order valence-corrected chi connectivity index (χ0v) is 17.7. The van der Waals surface area contributed by atoms with Crippen molar-refractivity contribution in [3.63, 3.8) is 0 Å². The fraction of sp³-hybridized carbons (Fsp3) is 0.263. The van der Waals surface area contributed by atoms with Crippen LogP contribution in [0.15, 0.2) is 37.2 Å². The number of halogens is 6. The summed E-state index contributed by atoms with van der Waals surface area (Å²) < 4.78 is 67.9. The summed E-state index contributed by atoms with van der Waals surface area (Å²) in [5.41, 5.74) is -1.79. The van der Waals surface area contributed by atoms with Crippen LogP contribution < -0.4 is 4.90 Å². The van der Waals surface area contributed by atoms with Crippen molar-refractivity contribution < 1.29 is 22.0 Å². The largest absolute Gasteiger partial charge is 0.418 e. The average molecular weight is 485 g/mol. The Morgan fingerprint density at radius 2 is 1.70 bits per heavy atom. The summed E-state index contributed by atoms with van der Waals surface area (Å²) in [6.07, 6.45) is -4.27. The molecule has 3 aromatic heterocycles. The lowest BCUT2D eigenvalue weighted by Gasteiger charge is -2.26.